The molecule has 0 saturated heterocycles. The zero-order chi connectivity index (χ0) is 13.2. The number of halogens is 3. The fraction of sp³-hybridized carbons (Fsp3) is 1.00. The Morgan fingerprint density at radius 2 is 1.58 bits per heavy atom. The lowest BCUT2D eigenvalue weighted by atomic mass is 9.35. The molecule has 7 fully saturated rings. The van der Waals surface area contributed by atoms with Gasteiger partial charge in [-0.1, -0.05) is 0 Å². The summed E-state index contributed by atoms with van der Waals surface area (Å²) < 4.78 is 12.8. The van der Waals surface area contributed by atoms with E-state index in [9.17, 15) is 4.57 Å². The zero-order valence-electron chi connectivity index (χ0n) is 10.6. The van der Waals surface area contributed by atoms with Crippen LogP contribution in [0.25, 0.3) is 0 Å². The first kappa shape index (κ1) is 12.6. The van der Waals surface area contributed by atoms with Crippen LogP contribution >= 0.6 is 39.9 Å². The van der Waals surface area contributed by atoms with Crippen LogP contribution in [0.2, 0.25) is 0 Å². The molecule has 19 heavy (non-hydrogen) atoms. The van der Waals surface area contributed by atoms with Crippen molar-refractivity contribution >= 4 is 39.9 Å². The Morgan fingerprint density at radius 3 is 2.11 bits per heavy atom. The fourth-order valence-electron chi connectivity index (χ4n) is 7.36. The molecule has 7 saturated carbocycles. The second kappa shape index (κ2) is 3.53. The van der Waals surface area contributed by atoms with Gasteiger partial charge in [0, 0.05) is 5.38 Å². The summed E-state index contributed by atoms with van der Waals surface area (Å²) in [6.07, 6.45) is 5.89. The van der Waals surface area contributed by atoms with Crippen LogP contribution in [0.15, 0.2) is 0 Å². The summed E-state index contributed by atoms with van der Waals surface area (Å²) in [5.41, 5.74) is 0. The average Bonchev–Trinajstić information content (AvgIpc) is 2.34. The second-order valence-corrected chi connectivity index (χ2v) is 13.4. The molecule has 5 unspecified atom stereocenters. The van der Waals surface area contributed by atoms with Gasteiger partial charge in [-0.2, -0.15) is 0 Å². The van der Waals surface area contributed by atoms with Crippen molar-refractivity contribution in [2.75, 3.05) is 0 Å². The molecule has 8 bridgehead atoms. The lowest BCUT2D eigenvalue weighted by molar-refractivity contribution is -0.186. The molecule has 0 spiro atoms. The largest absolute Gasteiger partial charge is 0.289 e. The van der Waals surface area contributed by atoms with Gasteiger partial charge in [-0.05, 0) is 96.0 Å². The molecule has 1 nitrogen and oxygen atoms in total. The summed E-state index contributed by atoms with van der Waals surface area (Å²) in [5, 5.41) is 0.140. The van der Waals surface area contributed by atoms with Gasteiger partial charge >= 0.3 is 0 Å². The maximum absolute atomic E-state index is 12.8. The predicted octanol–water partition coefficient (Wildman–Crippen LogP) is 5.34. The Bertz CT molecular complexity index is 479. The summed E-state index contributed by atoms with van der Waals surface area (Å²) in [7, 11) is 0. The Balaban J connectivity index is 1.74. The van der Waals surface area contributed by atoms with Gasteiger partial charge in [0.2, 0.25) is 0 Å². The highest BCUT2D eigenvalue weighted by Crippen LogP contribution is 2.86. The standard InChI is InChI=1S/C14H18Cl3OP/c15-13-7-3-10-8-1-6-2-9(12(8)13)11(4-7)14(10,5-6)19(16,17)18/h6-13H,1-5H2. The van der Waals surface area contributed by atoms with E-state index in [0.29, 0.717) is 46.8 Å². The number of alkyl halides is 1. The molecule has 0 aromatic carbocycles. The first-order chi connectivity index (χ1) is 8.93. The number of hydrogen-bond donors (Lipinski definition) is 0. The third kappa shape index (κ3) is 1.24. The maximum atomic E-state index is 12.8. The Kier molecular flexibility index (Phi) is 2.35. The first-order valence-electron chi connectivity index (χ1n) is 7.57. The van der Waals surface area contributed by atoms with Gasteiger partial charge in [-0.25, -0.2) is 0 Å². The summed E-state index contributed by atoms with van der Waals surface area (Å²) in [6, 6.07) is 0. The summed E-state index contributed by atoms with van der Waals surface area (Å²) >= 11 is 19.4. The minimum Gasteiger partial charge on any atom is -0.289 e. The molecule has 7 rings (SSSR count). The molecule has 0 N–H and O–H groups in total. The van der Waals surface area contributed by atoms with Crippen molar-refractivity contribution in [2.45, 2.75) is 42.6 Å². The third-order valence-electron chi connectivity index (χ3n) is 7.55. The summed E-state index contributed by atoms with van der Waals surface area (Å²) in [6.45, 7) is 0. The van der Waals surface area contributed by atoms with Crippen molar-refractivity contribution in [1.82, 2.24) is 0 Å². The van der Waals surface area contributed by atoms with Crippen LogP contribution in [-0.4, -0.2) is 10.5 Å². The van der Waals surface area contributed by atoms with E-state index in [0.717, 1.165) is 19.3 Å². The van der Waals surface area contributed by atoms with Crippen molar-refractivity contribution < 1.29 is 4.57 Å². The maximum Gasteiger partial charge on any atom is 0.259 e. The summed E-state index contributed by atoms with van der Waals surface area (Å²) in [5.74, 6) is 1.29. The zero-order valence-corrected chi connectivity index (χ0v) is 13.8. The molecule has 0 amide bonds. The molecule has 0 radical (unpaired) electrons. The molecule has 0 aromatic rings. The molecular formula is C14H18Cl3OP. The van der Waals surface area contributed by atoms with Gasteiger partial charge < -0.3 is 0 Å². The van der Waals surface area contributed by atoms with Crippen molar-refractivity contribution in [3.05, 3.63) is 0 Å². The molecule has 7 aliphatic carbocycles. The lowest BCUT2D eigenvalue weighted by Gasteiger charge is -2.75. The topological polar surface area (TPSA) is 17.1 Å². The highest BCUT2D eigenvalue weighted by molar-refractivity contribution is 8.09. The van der Waals surface area contributed by atoms with Gasteiger partial charge in [0.05, 0.1) is 5.16 Å². The van der Waals surface area contributed by atoms with E-state index < -0.39 is 5.85 Å². The molecule has 106 valence electrons. The molecule has 0 aromatic heterocycles. The van der Waals surface area contributed by atoms with Gasteiger partial charge in [0.1, 0.15) is 0 Å². The van der Waals surface area contributed by atoms with Crippen molar-refractivity contribution in [3.63, 3.8) is 0 Å². The minimum absolute atomic E-state index is 0.226. The molecular weight excluding hydrogens is 321 g/mol. The third-order valence-corrected chi connectivity index (χ3v) is 11.9. The van der Waals surface area contributed by atoms with Gasteiger partial charge in [-0.15, -0.1) is 11.6 Å². The molecule has 5 heteroatoms. The van der Waals surface area contributed by atoms with Gasteiger partial charge in [0.25, 0.3) is 5.85 Å². The normalized spacial score (nSPS) is 65.0. The van der Waals surface area contributed by atoms with Gasteiger partial charge in [-0.3, -0.25) is 4.57 Å². The predicted molar refractivity (Wildman–Crippen MR) is 79.2 cm³/mol. The van der Waals surface area contributed by atoms with E-state index in [1.54, 1.807) is 0 Å². The first-order valence-corrected chi connectivity index (χ1v) is 11.5. The van der Waals surface area contributed by atoms with E-state index in [1.165, 1.54) is 12.8 Å². The van der Waals surface area contributed by atoms with Crippen molar-refractivity contribution in [1.29, 1.82) is 0 Å². The highest BCUT2D eigenvalue weighted by Gasteiger charge is 2.76. The van der Waals surface area contributed by atoms with E-state index in [1.807, 2.05) is 0 Å². The molecule has 5 atom stereocenters. The SMILES string of the molecule is O=P(Cl)(Cl)C12CC3CC4C5C(Cl)C(CC41)CC2C5C3. The van der Waals surface area contributed by atoms with Crippen LogP contribution in [-0.2, 0) is 4.57 Å². The smallest absolute Gasteiger partial charge is 0.259 e. The number of rotatable bonds is 1. The number of hydrogen-bond acceptors (Lipinski definition) is 1. The van der Waals surface area contributed by atoms with Crippen LogP contribution in [0.3, 0.4) is 0 Å². The van der Waals surface area contributed by atoms with E-state index in [2.05, 4.69) is 0 Å². The highest BCUT2D eigenvalue weighted by atomic mass is 35.9. The van der Waals surface area contributed by atoms with Crippen molar-refractivity contribution in [2.24, 2.45) is 41.4 Å². The van der Waals surface area contributed by atoms with Crippen LogP contribution < -0.4 is 0 Å². The average molecular weight is 340 g/mol. The van der Waals surface area contributed by atoms with E-state index >= 15 is 0 Å². The van der Waals surface area contributed by atoms with Crippen LogP contribution in [0.4, 0.5) is 0 Å². The van der Waals surface area contributed by atoms with Crippen LogP contribution in [0.5, 0.6) is 0 Å². The quantitative estimate of drug-likeness (QED) is 0.466. The summed E-state index contributed by atoms with van der Waals surface area (Å²) in [4.78, 5) is 0. The minimum atomic E-state index is -3.07. The van der Waals surface area contributed by atoms with Gasteiger partial charge in [0.15, 0.2) is 0 Å². The fourth-order valence-corrected chi connectivity index (χ4v) is 11.7. The Labute approximate surface area is 128 Å². The van der Waals surface area contributed by atoms with Crippen molar-refractivity contribution in [3.8, 4) is 0 Å². The Morgan fingerprint density at radius 1 is 1.00 bits per heavy atom. The Hall–Kier alpha value is 1.10. The van der Waals surface area contributed by atoms with E-state index in [-0.39, 0.29) is 5.16 Å². The molecule has 7 aliphatic rings. The monoisotopic (exact) mass is 338 g/mol. The lowest BCUT2D eigenvalue weighted by Crippen LogP contribution is -2.72. The second-order valence-electron chi connectivity index (χ2n) is 7.79. The van der Waals surface area contributed by atoms with Crippen LogP contribution in [0.1, 0.15) is 32.1 Å². The molecule has 0 aliphatic heterocycles. The molecule has 0 heterocycles. The van der Waals surface area contributed by atoms with Crippen LogP contribution in [0, 0.1) is 41.4 Å². The van der Waals surface area contributed by atoms with E-state index in [4.69, 9.17) is 34.1 Å².